The fourth-order valence-electron chi connectivity index (χ4n) is 6.77. The van der Waals surface area contributed by atoms with Gasteiger partial charge in [0.25, 0.3) is 0 Å². The van der Waals surface area contributed by atoms with Gasteiger partial charge in [0.2, 0.25) is 5.91 Å². The van der Waals surface area contributed by atoms with Crippen LogP contribution in [0.5, 0.6) is 0 Å². The highest BCUT2D eigenvalue weighted by molar-refractivity contribution is 5.76. The number of aliphatic hydroxyl groups is 2. The second-order valence-electron chi connectivity index (χ2n) is 16.5. The Balaban J connectivity index is 3.75. The molecule has 0 rings (SSSR count). The van der Waals surface area contributed by atoms with Crippen molar-refractivity contribution in [2.45, 2.75) is 219 Å². The van der Waals surface area contributed by atoms with Crippen LogP contribution in [0.4, 0.5) is 0 Å². The molecule has 0 radical (unpaired) electrons. The van der Waals surface area contributed by atoms with E-state index in [9.17, 15) is 15.0 Å². The van der Waals surface area contributed by atoms with Crippen molar-refractivity contribution in [3.8, 4) is 0 Å². The molecule has 4 nitrogen and oxygen atoms in total. The molecule has 0 saturated carbocycles. The predicted octanol–water partition coefficient (Wildman–Crippen LogP) is 16.7. The van der Waals surface area contributed by atoms with Crippen molar-refractivity contribution in [2.24, 2.45) is 0 Å². The van der Waals surface area contributed by atoms with Crippen LogP contribution in [-0.2, 0) is 4.79 Å². The lowest BCUT2D eigenvalue weighted by Crippen LogP contribution is -2.45. The summed E-state index contributed by atoms with van der Waals surface area (Å²) in [6.45, 7) is 4.16. The van der Waals surface area contributed by atoms with Gasteiger partial charge in [0.05, 0.1) is 18.8 Å². The Bertz CT molecular complexity index is 1290. The maximum Gasteiger partial charge on any atom is 0.220 e. The van der Waals surface area contributed by atoms with Gasteiger partial charge in [-0.15, -0.1) is 0 Å². The third kappa shape index (κ3) is 47.6. The first-order chi connectivity index (χ1) is 30.7. The molecule has 0 saturated heterocycles. The lowest BCUT2D eigenvalue weighted by Gasteiger charge is -2.19. The van der Waals surface area contributed by atoms with Crippen LogP contribution >= 0.6 is 0 Å². The number of nitrogens with one attached hydrogen (secondary N) is 1. The molecule has 0 fully saturated rings. The highest BCUT2D eigenvalue weighted by Gasteiger charge is 2.17. The van der Waals surface area contributed by atoms with Crippen LogP contribution in [0.15, 0.2) is 134 Å². The Hall–Kier alpha value is -3.47. The predicted molar refractivity (Wildman–Crippen MR) is 275 cm³/mol. The van der Waals surface area contributed by atoms with E-state index in [0.29, 0.717) is 6.42 Å². The van der Waals surface area contributed by atoms with Crippen molar-refractivity contribution < 1.29 is 15.0 Å². The summed E-state index contributed by atoms with van der Waals surface area (Å²) in [7, 11) is 0. The topological polar surface area (TPSA) is 69.6 Å². The highest BCUT2D eigenvalue weighted by Crippen LogP contribution is 2.13. The molecule has 0 heterocycles. The number of amides is 1. The maximum atomic E-state index is 12.4. The average molecular weight is 854 g/mol. The number of unbranched alkanes of at least 4 members (excludes halogenated alkanes) is 17. The molecule has 0 aromatic carbocycles. The van der Waals surface area contributed by atoms with E-state index in [4.69, 9.17) is 0 Å². The van der Waals surface area contributed by atoms with E-state index in [1.807, 2.05) is 6.08 Å². The smallest absolute Gasteiger partial charge is 0.220 e. The Morgan fingerprint density at radius 1 is 0.403 bits per heavy atom. The first-order valence-electron chi connectivity index (χ1n) is 25.4. The summed E-state index contributed by atoms with van der Waals surface area (Å²) in [5.74, 6) is -0.111. The number of allylic oxidation sites excluding steroid dienone is 21. The standard InChI is InChI=1S/C58H95NO3/c1-3-5-7-9-11-13-15-17-19-21-23-24-25-26-27-28-29-30-31-32-33-34-36-38-40-42-44-46-48-50-52-54-58(62)59-56(55-60)57(61)53-51-49-47-45-43-41-39-37-35-22-20-18-16-14-12-10-8-6-4-2/h5,7,11,13,17,19,23-24,26-27,29-30,32-33,36,38,42-45,51,53,56-57,60-61H,3-4,6,8-10,12,14-16,18,20-22,25,28,31,34-35,37,39-41,46-50,52,54-55H2,1-2H3,(H,59,62)/b7-5-,13-11-,19-17-,24-23-,27-26-,30-29-,33-32-,38-36-,44-42-,45-43+,53-51+. The molecule has 3 N–H and O–H groups in total. The summed E-state index contributed by atoms with van der Waals surface area (Å²) in [4.78, 5) is 12.4. The van der Waals surface area contributed by atoms with Gasteiger partial charge in [-0.3, -0.25) is 4.79 Å². The Morgan fingerprint density at radius 3 is 1.13 bits per heavy atom. The zero-order valence-electron chi connectivity index (χ0n) is 40.1. The third-order valence-corrected chi connectivity index (χ3v) is 10.6. The number of carbonyl (C=O) groups is 1. The Kier molecular flexibility index (Phi) is 49.0. The van der Waals surface area contributed by atoms with Crippen LogP contribution in [0.25, 0.3) is 0 Å². The molecule has 0 bridgehead atoms. The van der Waals surface area contributed by atoms with Crippen molar-refractivity contribution in [1.82, 2.24) is 5.32 Å². The second-order valence-corrected chi connectivity index (χ2v) is 16.5. The van der Waals surface area contributed by atoms with Crippen molar-refractivity contribution in [1.29, 1.82) is 0 Å². The van der Waals surface area contributed by atoms with Gasteiger partial charge >= 0.3 is 0 Å². The fraction of sp³-hybridized carbons (Fsp3) is 0.603. The van der Waals surface area contributed by atoms with Crippen LogP contribution in [0.3, 0.4) is 0 Å². The zero-order valence-corrected chi connectivity index (χ0v) is 40.1. The van der Waals surface area contributed by atoms with Gasteiger partial charge in [-0.25, -0.2) is 0 Å². The molecule has 350 valence electrons. The molecule has 0 aliphatic heterocycles. The van der Waals surface area contributed by atoms with Gasteiger partial charge in [-0.1, -0.05) is 231 Å². The minimum absolute atomic E-state index is 0.111. The van der Waals surface area contributed by atoms with E-state index in [-0.39, 0.29) is 12.5 Å². The van der Waals surface area contributed by atoms with Crippen LogP contribution in [0, 0.1) is 0 Å². The SMILES string of the molecule is CC/C=C\C/C=C\C/C=C\C/C=C\C/C=C\C/C=C\C/C=C\C/C=C\C/C=C\CCCCCC(=O)NC(CO)C(O)/C=C/CC/C=C/CCCCCCCCCCCCCCC. The molecule has 62 heavy (non-hydrogen) atoms. The molecular weight excluding hydrogens is 759 g/mol. The van der Waals surface area contributed by atoms with Gasteiger partial charge in [0.15, 0.2) is 0 Å². The largest absolute Gasteiger partial charge is 0.394 e. The number of rotatable bonds is 44. The molecule has 0 aliphatic carbocycles. The van der Waals surface area contributed by atoms with E-state index in [0.717, 1.165) is 103 Å². The van der Waals surface area contributed by atoms with Gasteiger partial charge < -0.3 is 15.5 Å². The van der Waals surface area contributed by atoms with E-state index in [1.165, 1.54) is 83.5 Å². The van der Waals surface area contributed by atoms with Crippen molar-refractivity contribution in [2.75, 3.05) is 6.61 Å². The molecular formula is C58H95NO3. The quantitative estimate of drug-likeness (QED) is 0.0422. The molecule has 0 aromatic rings. The molecule has 0 spiro atoms. The fourth-order valence-corrected chi connectivity index (χ4v) is 6.77. The Morgan fingerprint density at radius 2 is 0.726 bits per heavy atom. The average Bonchev–Trinajstić information content (AvgIpc) is 3.28. The molecule has 2 unspecified atom stereocenters. The third-order valence-electron chi connectivity index (χ3n) is 10.6. The molecule has 2 atom stereocenters. The summed E-state index contributed by atoms with van der Waals surface area (Å²) in [5, 5.41) is 23.0. The van der Waals surface area contributed by atoms with Crippen molar-refractivity contribution >= 4 is 5.91 Å². The molecule has 0 aliphatic rings. The lowest BCUT2D eigenvalue weighted by atomic mass is 10.0. The van der Waals surface area contributed by atoms with E-state index in [1.54, 1.807) is 6.08 Å². The van der Waals surface area contributed by atoms with Crippen molar-refractivity contribution in [3.05, 3.63) is 134 Å². The number of hydrogen-bond acceptors (Lipinski definition) is 3. The number of hydrogen-bond donors (Lipinski definition) is 3. The van der Waals surface area contributed by atoms with Gasteiger partial charge in [-0.05, 0) is 103 Å². The minimum Gasteiger partial charge on any atom is -0.394 e. The maximum absolute atomic E-state index is 12.4. The summed E-state index contributed by atoms with van der Waals surface area (Å²) in [6.07, 6.45) is 81.5. The monoisotopic (exact) mass is 854 g/mol. The van der Waals surface area contributed by atoms with E-state index < -0.39 is 12.1 Å². The Labute approximate surface area is 383 Å². The summed E-state index contributed by atoms with van der Waals surface area (Å²) < 4.78 is 0. The minimum atomic E-state index is -0.887. The first-order valence-corrected chi connectivity index (χ1v) is 25.4. The van der Waals surface area contributed by atoms with Gasteiger partial charge in [0.1, 0.15) is 0 Å². The van der Waals surface area contributed by atoms with Crippen LogP contribution in [-0.4, -0.2) is 34.9 Å². The summed E-state index contributed by atoms with van der Waals surface area (Å²) in [5.41, 5.74) is 0. The lowest BCUT2D eigenvalue weighted by molar-refractivity contribution is -0.123. The highest BCUT2D eigenvalue weighted by atomic mass is 16.3. The van der Waals surface area contributed by atoms with Crippen molar-refractivity contribution in [3.63, 3.8) is 0 Å². The zero-order chi connectivity index (χ0) is 44.9. The van der Waals surface area contributed by atoms with E-state index >= 15 is 0 Å². The van der Waals surface area contributed by atoms with Crippen LogP contribution in [0.1, 0.15) is 206 Å². The number of aliphatic hydroxyl groups excluding tert-OH is 2. The van der Waals surface area contributed by atoms with E-state index in [2.05, 4.69) is 141 Å². The normalized spacial score (nSPS) is 14.1. The number of carbonyl (C=O) groups excluding carboxylic acids is 1. The molecule has 1 amide bonds. The van der Waals surface area contributed by atoms with Crippen LogP contribution in [0.2, 0.25) is 0 Å². The second kappa shape index (κ2) is 51.9. The summed E-state index contributed by atoms with van der Waals surface area (Å²) in [6, 6.07) is -0.668. The molecule has 0 aromatic heterocycles. The van der Waals surface area contributed by atoms with Gasteiger partial charge in [-0.2, -0.15) is 0 Å². The summed E-state index contributed by atoms with van der Waals surface area (Å²) >= 11 is 0. The van der Waals surface area contributed by atoms with Gasteiger partial charge in [0, 0.05) is 6.42 Å². The first kappa shape index (κ1) is 58.5. The van der Waals surface area contributed by atoms with Crippen LogP contribution < -0.4 is 5.32 Å². The molecule has 4 heteroatoms.